The number of hydrogen-bond donors (Lipinski definition) is 2. The minimum Gasteiger partial charge on any atom is -0.493 e. The van der Waals surface area contributed by atoms with Crippen LogP contribution in [0.2, 0.25) is 5.02 Å². The summed E-state index contributed by atoms with van der Waals surface area (Å²) in [4.78, 5) is 3.36. The number of aromatic hydroxyl groups is 2. The molecule has 0 aromatic carbocycles. The van der Waals surface area contributed by atoms with E-state index in [2.05, 4.69) is 4.98 Å². The van der Waals surface area contributed by atoms with Crippen LogP contribution in [0.15, 0.2) is 6.07 Å². The van der Waals surface area contributed by atoms with Gasteiger partial charge < -0.3 is 10.2 Å². The van der Waals surface area contributed by atoms with Gasteiger partial charge in [0.15, 0.2) is 0 Å². The van der Waals surface area contributed by atoms with E-state index in [0.717, 1.165) is 0 Å². The van der Waals surface area contributed by atoms with E-state index in [1.54, 1.807) is 6.92 Å². The lowest BCUT2D eigenvalue weighted by atomic mass is 10.3. The Hall–Kier alpha value is -0.960. The standard InChI is InChI=1S/C6H6ClNO2/c1-3-4(7)2-5(9)8-6(3)10/h2H,1H3,(H2,8,9,10). The average molecular weight is 160 g/mol. The lowest BCUT2D eigenvalue weighted by Gasteiger charge is -1.99. The van der Waals surface area contributed by atoms with Crippen molar-refractivity contribution in [1.29, 1.82) is 0 Å². The van der Waals surface area contributed by atoms with Crippen LogP contribution in [0, 0.1) is 6.92 Å². The number of halogens is 1. The van der Waals surface area contributed by atoms with Gasteiger partial charge in [-0.25, -0.2) is 0 Å². The smallest absolute Gasteiger partial charge is 0.218 e. The van der Waals surface area contributed by atoms with E-state index < -0.39 is 0 Å². The molecule has 1 aromatic rings. The van der Waals surface area contributed by atoms with Crippen molar-refractivity contribution in [1.82, 2.24) is 4.98 Å². The minimum absolute atomic E-state index is 0.231. The summed E-state index contributed by atoms with van der Waals surface area (Å²) in [7, 11) is 0. The van der Waals surface area contributed by atoms with Gasteiger partial charge in [0.1, 0.15) is 0 Å². The third-order valence-corrected chi connectivity index (χ3v) is 1.56. The summed E-state index contributed by atoms with van der Waals surface area (Å²) < 4.78 is 0. The number of rotatable bonds is 0. The fourth-order valence-corrected chi connectivity index (χ4v) is 0.735. The summed E-state index contributed by atoms with van der Waals surface area (Å²) in [6, 6.07) is 1.27. The van der Waals surface area contributed by atoms with Crippen LogP contribution in [0.25, 0.3) is 0 Å². The molecule has 1 rings (SSSR count). The molecule has 0 atom stereocenters. The Labute approximate surface area is 62.9 Å². The zero-order valence-electron chi connectivity index (χ0n) is 5.30. The lowest BCUT2D eigenvalue weighted by Crippen LogP contribution is -1.81. The van der Waals surface area contributed by atoms with Crippen LogP contribution in [0.1, 0.15) is 5.56 Å². The van der Waals surface area contributed by atoms with Crippen LogP contribution in [-0.4, -0.2) is 15.2 Å². The summed E-state index contributed by atoms with van der Waals surface area (Å²) in [6.45, 7) is 1.62. The maximum Gasteiger partial charge on any atom is 0.218 e. The van der Waals surface area contributed by atoms with Gasteiger partial charge in [0.05, 0.1) is 5.02 Å². The maximum atomic E-state index is 8.93. The van der Waals surface area contributed by atoms with Crippen LogP contribution < -0.4 is 0 Å². The molecule has 0 unspecified atom stereocenters. The maximum absolute atomic E-state index is 8.93. The molecule has 1 aromatic heterocycles. The third kappa shape index (κ3) is 1.14. The first-order chi connectivity index (χ1) is 4.61. The molecule has 0 fully saturated rings. The van der Waals surface area contributed by atoms with Crippen LogP contribution in [0.5, 0.6) is 11.8 Å². The summed E-state index contributed by atoms with van der Waals surface area (Å²) in [6.07, 6.45) is 0. The van der Waals surface area contributed by atoms with Crippen molar-refractivity contribution in [2.45, 2.75) is 6.92 Å². The molecule has 0 amide bonds. The van der Waals surface area contributed by atoms with Crippen molar-refractivity contribution in [2.24, 2.45) is 0 Å². The van der Waals surface area contributed by atoms with E-state index in [-0.39, 0.29) is 11.8 Å². The van der Waals surface area contributed by atoms with E-state index in [0.29, 0.717) is 10.6 Å². The molecule has 0 saturated carbocycles. The number of hydrogen-bond acceptors (Lipinski definition) is 3. The van der Waals surface area contributed by atoms with Crippen molar-refractivity contribution >= 4 is 11.6 Å². The molecule has 54 valence electrons. The molecule has 0 aliphatic rings. The monoisotopic (exact) mass is 159 g/mol. The molecule has 0 radical (unpaired) electrons. The van der Waals surface area contributed by atoms with Gasteiger partial charge in [-0.1, -0.05) is 11.6 Å². The molecule has 2 N–H and O–H groups in total. The van der Waals surface area contributed by atoms with Crippen molar-refractivity contribution < 1.29 is 10.2 Å². The normalized spacial score (nSPS) is 9.80. The average Bonchev–Trinajstić information content (AvgIpc) is 1.82. The Bertz CT molecular complexity index is 239. The van der Waals surface area contributed by atoms with Gasteiger partial charge in [-0.05, 0) is 6.92 Å². The first-order valence-corrected chi connectivity index (χ1v) is 3.04. The van der Waals surface area contributed by atoms with E-state index >= 15 is 0 Å². The Kier molecular flexibility index (Phi) is 1.68. The molecule has 10 heavy (non-hydrogen) atoms. The topological polar surface area (TPSA) is 53.4 Å². The molecular formula is C6H6ClNO2. The Morgan fingerprint density at radius 3 is 2.60 bits per heavy atom. The predicted molar refractivity (Wildman–Crippen MR) is 37.3 cm³/mol. The number of pyridine rings is 1. The highest BCUT2D eigenvalue weighted by Gasteiger charge is 2.03. The lowest BCUT2D eigenvalue weighted by molar-refractivity contribution is 0.410. The van der Waals surface area contributed by atoms with E-state index in [1.807, 2.05) is 0 Å². The fourth-order valence-electron chi connectivity index (χ4n) is 0.553. The third-order valence-electron chi connectivity index (χ3n) is 1.17. The van der Waals surface area contributed by atoms with E-state index in [4.69, 9.17) is 21.8 Å². The van der Waals surface area contributed by atoms with E-state index in [9.17, 15) is 0 Å². The van der Waals surface area contributed by atoms with Crippen molar-refractivity contribution in [2.75, 3.05) is 0 Å². The second-order valence-corrected chi connectivity index (χ2v) is 2.32. The molecule has 0 aliphatic heterocycles. The van der Waals surface area contributed by atoms with Gasteiger partial charge in [-0.15, -0.1) is 0 Å². The van der Waals surface area contributed by atoms with Crippen molar-refractivity contribution in [3.8, 4) is 11.8 Å². The SMILES string of the molecule is Cc1c(Cl)cc(O)nc1O. The number of aromatic nitrogens is 1. The molecule has 0 spiro atoms. The van der Waals surface area contributed by atoms with E-state index in [1.165, 1.54) is 6.07 Å². The largest absolute Gasteiger partial charge is 0.493 e. The van der Waals surface area contributed by atoms with Gasteiger partial charge >= 0.3 is 0 Å². The zero-order valence-corrected chi connectivity index (χ0v) is 6.05. The number of nitrogens with zero attached hydrogens (tertiary/aromatic N) is 1. The minimum atomic E-state index is -0.270. The van der Waals surface area contributed by atoms with Crippen LogP contribution in [0.4, 0.5) is 0 Å². The highest BCUT2D eigenvalue weighted by molar-refractivity contribution is 6.31. The van der Waals surface area contributed by atoms with Gasteiger partial charge in [0.2, 0.25) is 11.8 Å². The highest BCUT2D eigenvalue weighted by Crippen LogP contribution is 2.25. The summed E-state index contributed by atoms with van der Waals surface area (Å²) in [5.74, 6) is -0.502. The Morgan fingerprint density at radius 2 is 2.10 bits per heavy atom. The van der Waals surface area contributed by atoms with Crippen LogP contribution in [0.3, 0.4) is 0 Å². The summed E-state index contributed by atoms with van der Waals surface area (Å²) in [5, 5.41) is 18.0. The summed E-state index contributed by atoms with van der Waals surface area (Å²) in [5.41, 5.74) is 0.472. The van der Waals surface area contributed by atoms with Crippen molar-refractivity contribution in [3.05, 3.63) is 16.7 Å². The molecule has 0 saturated heterocycles. The van der Waals surface area contributed by atoms with Gasteiger partial charge in [-0.2, -0.15) is 4.98 Å². The fraction of sp³-hybridized carbons (Fsp3) is 0.167. The second-order valence-electron chi connectivity index (χ2n) is 1.91. The molecule has 4 heteroatoms. The van der Waals surface area contributed by atoms with Crippen LogP contribution >= 0.6 is 11.6 Å². The first kappa shape index (κ1) is 7.15. The van der Waals surface area contributed by atoms with Crippen molar-refractivity contribution in [3.63, 3.8) is 0 Å². The molecular weight excluding hydrogens is 154 g/mol. The van der Waals surface area contributed by atoms with Gasteiger partial charge in [0, 0.05) is 11.6 Å². The molecule has 3 nitrogen and oxygen atoms in total. The van der Waals surface area contributed by atoms with Gasteiger partial charge in [-0.3, -0.25) is 0 Å². The molecule has 0 bridgehead atoms. The molecule has 0 aliphatic carbocycles. The highest BCUT2D eigenvalue weighted by atomic mass is 35.5. The Balaban J connectivity index is 3.31. The second kappa shape index (κ2) is 2.34. The van der Waals surface area contributed by atoms with Gasteiger partial charge in [0.25, 0.3) is 0 Å². The first-order valence-electron chi connectivity index (χ1n) is 2.66. The molecule has 1 heterocycles. The van der Waals surface area contributed by atoms with Crippen LogP contribution in [-0.2, 0) is 0 Å². The summed E-state index contributed by atoms with van der Waals surface area (Å²) >= 11 is 5.56. The Morgan fingerprint density at radius 1 is 1.50 bits per heavy atom. The zero-order chi connectivity index (χ0) is 7.72. The quantitative estimate of drug-likeness (QED) is 0.603. The predicted octanol–water partition coefficient (Wildman–Crippen LogP) is 1.45.